The van der Waals surface area contributed by atoms with Crippen LogP contribution in [-0.4, -0.2) is 36.9 Å². The number of hydrogen-bond donors (Lipinski definition) is 1. The Morgan fingerprint density at radius 1 is 1.23 bits per heavy atom. The van der Waals surface area contributed by atoms with Crippen molar-refractivity contribution in [1.82, 2.24) is 10.3 Å². The van der Waals surface area contributed by atoms with Crippen LogP contribution < -0.4 is 10.1 Å². The van der Waals surface area contributed by atoms with Gasteiger partial charge in [0.1, 0.15) is 17.9 Å². The molecule has 0 aliphatic heterocycles. The van der Waals surface area contributed by atoms with E-state index in [4.69, 9.17) is 9.47 Å². The van der Waals surface area contributed by atoms with Gasteiger partial charge in [-0.05, 0) is 39.3 Å². The second-order valence-corrected chi connectivity index (χ2v) is 6.20. The van der Waals surface area contributed by atoms with E-state index in [0.29, 0.717) is 12.6 Å². The normalized spacial score (nSPS) is 13.3. The predicted octanol–water partition coefficient (Wildman–Crippen LogP) is 3.41. The second-order valence-electron chi connectivity index (χ2n) is 6.20. The van der Waals surface area contributed by atoms with Crippen molar-refractivity contribution in [2.75, 3.05) is 20.3 Å². The van der Waals surface area contributed by atoms with Crippen LogP contribution in [0.2, 0.25) is 0 Å². The molecule has 0 bridgehead atoms. The van der Waals surface area contributed by atoms with Gasteiger partial charge in [0.05, 0.1) is 5.60 Å². The molecule has 0 radical (unpaired) electrons. The van der Waals surface area contributed by atoms with Crippen molar-refractivity contribution < 1.29 is 9.47 Å². The van der Waals surface area contributed by atoms with Crippen molar-refractivity contribution in [3.8, 4) is 5.75 Å². The van der Waals surface area contributed by atoms with Crippen LogP contribution in [0.4, 0.5) is 0 Å². The summed E-state index contributed by atoms with van der Waals surface area (Å²) in [7, 11) is 1.75. The quantitative estimate of drug-likeness (QED) is 0.759. The molecule has 1 aromatic carbocycles. The number of para-hydroxylation sites is 1. The van der Waals surface area contributed by atoms with E-state index in [1.807, 2.05) is 30.3 Å². The van der Waals surface area contributed by atoms with Gasteiger partial charge in [-0.15, -0.1) is 0 Å². The summed E-state index contributed by atoms with van der Waals surface area (Å²) in [5, 5.41) is 4.57. The molecule has 4 nitrogen and oxygen atoms in total. The fraction of sp³-hybridized carbons (Fsp3) is 0.500. The first kappa shape index (κ1) is 16.7. The molecule has 0 unspecified atom stereocenters. The van der Waals surface area contributed by atoms with Crippen molar-refractivity contribution >= 4 is 10.9 Å². The maximum Gasteiger partial charge on any atom is 0.145 e. The lowest BCUT2D eigenvalue weighted by molar-refractivity contribution is 0.00839. The topological polar surface area (TPSA) is 43.4 Å². The van der Waals surface area contributed by atoms with Crippen LogP contribution in [-0.2, 0) is 4.74 Å². The maximum absolute atomic E-state index is 5.87. The average Bonchev–Trinajstić information content (AvgIpc) is 2.51. The first-order valence-electron chi connectivity index (χ1n) is 7.77. The number of aromatic nitrogens is 1. The summed E-state index contributed by atoms with van der Waals surface area (Å²) >= 11 is 0. The molecule has 2 rings (SSSR count). The van der Waals surface area contributed by atoms with Crippen molar-refractivity contribution in [3.05, 3.63) is 36.5 Å². The van der Waals surface area contributed by atoms with Crippen molar-refractivity contribution in [2.45, 2.75) is 38.8 Å². The number of pyridine rings is 1. The molecule has 0 aliphatic carbocycles. The fourth-order valence-electron chi connectivity index (χ4n) is 2.55. The maximum atomic E-state index is 5.87. The molecule has 22 heavy (non-hydrogen) atoms. The number of hydrogen-bond acceptors (Lipinski definition) is 4. The number of fused-ring (bicyclic) bond motifs is 1. The van der Waals surface area contributed by atoms with Crippen molar-refractivity contribution in [1.29, 1.82) is 0 Å². The van der Waals surface area contributed by atoms with Crippen LogP contribution in [0.15, 0.2) is 36.5 Å². The van der Waals surface area contributed by atoms with Gasteiger partial charge >= 0.3 is 0 Å². The zero-order valence-corrected chi connectivity index (χ0v) is 13.9. The van der Waals surface area contributed by atoms with Crippen LogP contribution in [0.25, 0.3) is 10.9 Å². The van der Waals surface area contributed by atoms with E-state index >= 15 is 0 Å². The first-order chi connectivity index (χ1) is 10.5. The Kier molecular flexibility index (Phi) is 5.75. The SMILES string of the molecule is COC(C)(C)C[C@H](C)NCCOc1cccc2cccnc12. The van der Waals surface area contributed by atoms with Crippen LogP contribution in [0, 0.1) is 0 Å². The third-order valence-corrected chi connectivity index (χ3v) is 3.80. The Morgan fingerprint density at radius 3 is 2.77 bits per heavy atom. The third kappa shape index (κ3) is 4.68. The average molecular weight is 302 g/mol. The Hall–Kier alpha value is -1.65. The summed E-state index contributed by atoms with van der Waals surface area (Å²) in [6, 6.07) is 10.4. The Morgan fingerprint density at radius 2 is 2.00 bits per heavy atom. The van der Waals surface area contributed by atoms with Gasteiger partial charge in [0, 0.05) is 31.3 Å². The van der Waals surface area contributed by atoms with Crippen LogP contribution in [0.1, 0.15) is 27.2 Å². The highest BCUT2D eigenvalue weighted by Gasteiger charge is 2.19. The predicted molar refractivity (Wildman–Crippen MR) is 90.4 cm³/mol. The van der Waals surface area contributed by atoms with E-state index in [9.17, 15) is 0 Å². The van der Waals surface area contributed by atoms with E-state index < -0.39 is 0 Å². The van der Waals surface area contributed by atoms with Gasteiger partial charge in [-0.25, -0.2) is 0 Å². The zero-order chi connectivity index (χ0) is 16.0. The van der Waals surface area contributed by atoms with Gasteiger partial charge in [0.15, 0.2) is 0 Å². The molecule has 0 fully saturated rings. The van der Waals surface area contributed by atoms with Gasteiger partial charge in [-0.1, -0.05) is 18.2 Å². The summed E-state index contributed by atoms with van der Waals surface area (Å²) in [5.41, 5.74) is 0.811. The number of methoxy groups -OCH3 is 1. The lowest BCUT2D eigenvalue weighted by Crippen LogP contribution is -2.37. The minimum Gasteiger partial charge on any atom is -0.490 e. The molecule has 0 spiro atoms. The van der Waals surface area contributed by atoms with E-state index in [1.54, 1.807) is 13.3 Å². The van der Waals surface area contributed by atoms with Gasteiger partial charge < -0.3 is 14.8 Å². The summed E-state index contributed by atoms with van der Waals surface area (Å²) < 4.78 is 11.3. The Balaban J connectivity index is 1.81. The van der Waals surface area contributed by atoms with E-state index in [2.05, 4.69) is 31.1 Å². The summed E-state index contributed by atoms with van der Waals surface area (Å²) in [6.07, 6.45) is 2.75. The molecular formula is C18H26N2O2. The van der Waals surface area contributed by atoms with Crippen molar-refractivity contribution in [2.24, 2.45) is 0 Å². The molecular weight excluding hydrogens is 276 g/mol. The fourth-order valence-corrected chi connectivity index (χ4v) is 2.55. The monoisotopic (exact) mass is 302 g/mol. The molecule has 0 aliphatic rings. The van der Waals surface area contributed by atoms with Gasteiger partial charge in [-0.2, -0.15) is 0 Å². The number of nitrogens with one attached hydrogen (secondary N) is 1. The molecule has 0 saturated heterocycles. The molecule has 4 heteroatoms. The molecule has 0 amide bonds. The zero-order valence-electron chi connectivity index (χ0n) is 13.9. The lowest BCUT2D eigenvalue weighted by Gasteiger charge is -2.27. The number of ether oxygens (including phenoxy) is 2. The lowest BCUT2D eigenvalue weighted by atomic mass is 10.00. The van der Waals surface area contributed by atoms with Crippen molar-refractivity contribution in [3.63, 3.8) is 0 Å². The minimum absolute atomic E-state index is 0.104. The summed E-state index contributed by atoms with van der Waals surface area (Å²) in [4.78, 5) is 4.39. The van der Waals surface area contributed by atoms with E-state index in [-0.39, 0.29) is 5.60 Å². The number of nitrogens with zero attached hydrogens (tertiary/aromatic N) is 1. The highest BCUT2D eigenvalue weighted by atomic mass is 16.5. The van der Waals surface area contributed by atoms with E-state index in [0.717, 1.165) is 29.6 Å². The molecule has 1 heterocycles. The third-order valence-electron chi connectivity index (χ3n) is 3.80. The molecule has 120 valence electrons. The van der Waals surface area contributed by atoms with Gasteiger partial charge in [0.2, 0.25) is 0 Å². The number of rotatable bonds is 8. The molecule has 1 aromatic heterocycles. The molecule has 1 atom stereocenters. The summed E-state index contributed by atoms with van der Waals surface area (Å²) in [5.74, 6) is 0.838. The van der Waals surface area contributed by atoms with Gasteiger partial charge in [-0.3, -0.25) is 4.98 Å². The van der Waals surface area contributed by atoms with Crippen LogP contribution in [0.3, 0.4) is 0 Å². The first-order valence-corrected chi connectivity index (χ1v) is 7.77. The highest BCUT2D eigenvalue weighted by molar-refractivity contribution is 5.84. The highest BCUT2D eigenvalue weighted by Crippen LogP contribution is 2.22. The Labute approximate surface area is 132 Å². The van der Waals surface area contributed by atoms with Crippen LogP contribution >= 0.6 is 0 Å². The van der Waals surface area contributed by atoms with E-state index in [1.165, 1.54) is 0 Å². The molecule has 1 N–H and O–H groups in total. The summed E-state index contributed by atoms with van der Waals surface area (Å²) in [6.45, 7) is 7.78. The standard InChI is InChI=1S/C18H26N2O2/c1-14(13-18(2,3)21-4)19-11-12-22-16-9-5-7-15-8-6-10-20-17(15)16/h5-10,14,19H,11-13H2,1-4H3/t14-/m0/s1. The smallest absolute Gasteiger partial charge is 0.145 e. The number of benzene rings is 1. The molecule has 0 saturated carbocycles. The van der Waals surface area contributed by atoms with Crippen LogP contribution in [0.5, 0.6) is 5.75 Å². The molecule has 2 aromatic rings. The van der Waals surface area contributed by atoms with Gasteiger partial charge in [0.25, 0.3) is 0 Å². The largest absolute Gasteiger partial charge is 0.490 e. The Bertz CT molecular complexity index is 593. The second kappa shape index (κ2) is 7.56. The minimum atomic E-state index is -0.104.